The van der Waals surface area contributed by atoms with Crippen molar-refractivity contribution < 1.29 is 28.7 Å². The summed E-state index contributed by atoms with van der Waals surface area (Å²) in [6.07, 6.45) is 0.532. The third kappa shape index (κ3) is 6.17. The standard InChI is InChI=1S/C30H24N2O6.4C2H6/c1-31-23-9-5-3-7-15(23)19(27(31)33)11-21-17-13-26-18(14-25(17)37-29(21)35)22(30(36)38-26)12-20-16-8-4-6-10-24(16)32(2)28(20)34;4*1-2/h3-10,13-14,19-22H,11-12H2,1-2H3;4*1-2H3. The molecular weight excluding hydrogens is 580 g/mol. The zero-order valence-corrected chi connectivity index (χ0v) is 28.8. The predicted molar refractivity (Wildman–Crippen MR) is 183 cm³/mol. The van der Waals surface area contributed by atoms with Crippen molar-refractivity contribution in [2.45, 2.75) is 91.9 Å². The Labute approximate surface area is 273 Å². The second-order valence-electron chi connectivity index (χ2n) is 10.4. The van der Waals surface area contributed by atoms with Crippen LogP contribution in [0.15, 0.2) is 60.7 Å². The van der Waals surface area contributed by atoms with E-state index in [9.17, 15) is 19.2 Å². The quantitative estimate of drug-likeness (QED) is 0.214. The second kappa shape index (κ2) is 15.7. The molecule has 0 N–H and O–H groups in total. The van der Waals surface area contributed by atoms with E-state index in [0.717, 1.165) is 22.5 Å². The van der Waals surface area contributed by atoms with E-state index < -0.39 is 35.6 Å². The van der Waals surface area contributed by atoms with Crippen LogP contribution in [0.4, 0.5) is 11.4 Å². The number of carbonyl (C=O) groups excluding carboxylic acids is 4. The molecular formula is C38H48N2O6. The number of amides is 2. The van der Waals surface area contributed by atoms with Gasteiger partial charge in [-0.2, -0.15) is 0 Å². The number of para-hydroxylation sites is 2. The molecule has 4 aliphatic rings. The molecule has 246 valence electrons. The van der Waals surface area contributed by atoms with E-state index >= 15 is 0 Å². The Kier molecular flexibility index (Phi) is 12.3. The summed E-state index contributed by atoms with van der Waals surface area (Å²) in [4.78, 5) is 55.2. The maximum absolute atomic E-state index is 13.0. The van der Waals surface area contributed by atoms with Crippen LogP contribution in [0.2, 0.25) is 0 Å². The molecule has 3 aromatic carbocycles. The highest BCUT2D eigenvalue weighted by Gasteiger charge is 2.46. The zero-order valence-electron chi connectivity index (χ0n) is 28.8. The molecule has 0 aliphatic carbocycles. The molecule has 4 atom stereocenters. The first-order valence-electron chi connectivity index (χ1n) is 16.7. The summed E-state index contributed by atoms with van der Waals surface area (Å²) in [5.74, 6) is -2.45. The van der Waals surface area contributed by atoms with Crippen LogP contribution >= 0.6 is 0 Å². The number of hydrogen-bond donors (Lipinski definition) is 0. The molecule has 4 heterocycles. The first kappa shape index (κ1) is 36.0. The lowest BCUT2D eigenvalue weighted by atomic mass is 9.84. The number of carbonyl (C=O) groups is 4. The van der Waals surface area contributed by atoms with Crippen LogP contribution in [0.1, 0.15) is 114 Å². The number of rotatable bonds is 4. The zero-order chi connectivity index (χ0) is 34.3. The van der Waals surface area contributed by atoms with Crippen LogP contribution < -0.4 is 19.3 Å². The topological polar surface area (TPSA) is 93.2 Å². The minimum Gasteiger partial charge on any atom is -0.426 e. The molecule has 8 nitrogen and oxygen atoms in total. The number of esters is 2. The maximum atomic E-state index is 13.0. The lowest BCUT2D eigenvalue weighted by molar-refractivity contribution is -0.135. The fraction of sp³-hybridized carbons (Fsp3) is 0.421. The van der Waals surface area contributed by atoms with Gasteiger partial charge in [-0.25, -0.2) is 0 Å². The third-order valence-electron chi connectivity index (χ3n) is 8.43. The average Bonchev–Trinajstić information content (AvgIpc) is 3.75. The van der Waals surface area contributed by atoms with Crippen LogP contribution in [-0.4, -0.2) is 37.8 Å². The van der Waals surface area contributed by atoms with Crippen molar-refractivity contribution in [3.63, 3.8) is 0 Å². The van der Waals surface area contributed by atoms with Gasteiger partial charge in [-0.05, 0) is 48.2 Å². The van der Waals surface area contributed by atoms with Gasteiger partial charge in [0, 0.05) is 36.6 Å². The Balaban J connectivity index is 0.000000671. The molecule has 0 radical (unpaired) electrons. The largest absolute Gasteiger partial charge is 0.426 e. The molecule has 0 saturated carbocycles. The summed E-state index contributed by atoms with van der Waals surface area (Å²) in [5, 5.41) is 0. The van der Waals surface area contributed by atoms with Crippen LogP contribution in [0, 0.1) is 0 Å². The highest BCUT2D eigenvalue weighted by Crippen LogP contribution is 2.51. The van der Waals surface area contributed by atoms with E-state index in [1.165, 1.54) is 0 Å². The van der Waals surface area contributed by atoms with Gasteiger partial charge in [0.25, 0.3) is 0 Å². The number of ether oxygens (including phenoxy) is 2. The van der Waals surface area contributed by atoms with Crippen LogP contribution in [0.5, 0.6) is 11.5 Å². The van der Waals surface area contributed by atoms with Crippen molar-refractivity contribution >= 4 is 35.1 Å². The Morgan fingerprint density at radius 3 is 1.17 bits per heavy atom. The van der Waals surface area contributed by atoms with Crippen LogP contribution in [0.25, 0.3) is 0 Å². The molecule has 0 saturated heterocycles. The first-order chi connectivity index (χ1) is 22.3. The van der Waals surface area contributed by atoms with E-state index in [2.05, 4.69) is 0 Å². The molecule has 8 heteroatoms. The summed E-state index contributed by atoms with van der Waals surface area (Å²) in [5.41, 5.74) is 4.69. The molecule has 4 unspecified atom stereocenters. The van der Waals surface area contributed by atoms with E-state index in [4.69, 9.17) is 9.47 Å². The highest BCUT2D eigenvalue weighted by molar-refractivity contribution is 6.06. The number of benzene rings is 3. The fourth-order valence-electron chi connectivity index (χ4n) is 6.45. The van der Waals surface area contributed by atoms with Gasteiger partial charge in [0.05, 0.1) is 23.7 Å². The molecule has 2 amide bonds. The molecule has 46 heavy (non-hydrogen) atoms. The molecule has 7 rings (SSSR count). The lowest BCUT2D eigenvalue weighted by Crippen LogP contribution is -2.26. The molecule has 4 aliphatic heterocycles. The monoisotopic (exact) mass is 628 g/mol. The van der Waals surface area contributed by atoms with E-state index in [1.54, 1.807) is 36.0 Å². The lowest BCUT2D eigenvalue weighted by Gasteiger charge is -2.15. The summed E-state index contributed by atoms with van der Waals surface area (Å²) >= 11 is 0. The Morgan fingerprint density at radius 1 is 0.500 bits per heavy atom. The predicted octanol–water partition coefficient (Wildman–Crippen LogP) is 8.10. The van der Waals surface area contributed by atoms with Crippen molar-refractivity contribution in [3.05, 3.63) is 82.9 Å². The SMILES string of the molecule is CC.CC.CC.CC.CN1C(=O)C(CC2C(=O)Oc3cc4c(cc32)OC(=O)C4CC2C(=O)N(C)c3ccccc32)c2ccccc21. The van der Waals surface area contributed by atoms with E-state index in [0.29, 0.717) is 22.6 Å². The van der Waals surface area contributed by atoms with Gasteiger partial charge in [-0.3, -0.25) is 19.2 Å². The van der Waals surface area contributed by atoms with Crippen LogP contribution in [-0.2, 0) is 19.2 Å². The highest BCUT2D eigenvalue weighted by atomic mass is 16.5. The molecule has 0 aromatic heterocycles. The first-order valence-corrected chi connectivity index (χ1v) is 16.7. The summed E-state index contributed by atoms with van der Waals surface area (Å²) in [6.45, 7) is 16.0. The molecule has 0 fully saturated rings. The van der Waals surface area contributed by atoms with Gasteiger partial charge in [0.15, 0.2) is 0 Å². The van der Waals surface area contributed by atoms with Crippen molar-refractivity contribution in [1.82, 2.24) is 0 Å². The van der Waals surface area contributed by atoms with Crippen molar-refractivity contribution in [3.8, 4) is 11.5 Å². The maximum Gasteiger partial charge on any atom is 0.319 e. The minimum absolute atomic E-state index is 0.0634. The molecule has 0 bridgehead atoms. The Hall–Kier alpha value is -4.46. The van der Waals surface area contributed by atoms with Gasteiger partial charge >= 0.3 is 11.9 Å². The van der Waals surface area contributed by atoms with E-state index in [1.807, 2.05) is 104 Å². The van der Waals surface area contributed by atoms with Gasteiger partial charge < -0.3 is 19.3 Å². The Bertz CT molecular complexity index is 1460. The Morgan fingerprint density at radius 2 is 0.826 bits per heavy atom. The van der Waals surface area contributed by atoms with Crippen LogP contribution in [0.3, 0.4) is 0 Å². The second-order valence-corrected chi connectivity index (χ2v) is 10.4. The average molecular weight is 629 g/mol. The van der Waals surface area contributed by atoms with Gasteiger partial charge in [-0.15, -0.1) is 0 Å². The summed E-state index contributed by atoms with van der Waals surface area (Å²) < 4.78 is 11.3. The van der Waals surface area contributed by atoms with Gasteiger partial charge in [-0.1, -0.05) is 91.8 Å². The fourth-order valence-corrected chi connectivity index (χ4v) is 6.45. The number of nitrogens with zero attached hydrogens (tertiary/aromatic N) is 2. The minimum atomic E-state index is -0.654. The summed E-state index contributed by atoms with van der Waals surface area (Å²) in [6, 6.07) is 18.6. The van der Waals surface area contributed by atoms with Gasteiger partial charge in [0.1, 0.15) is 11.5 Å². The normalized spacial score (nSPS) is 21.0. The van der Waals surface area contributed by atoms with Crippen molar-refractivity contribution in [1.29, 1.82) is 0 Å². The molecule has 3 aromatic rings. The summed E-state index contributed by atoms with van der Waals surface area (Å²) in [7, 11) is 3.47. The molecule has 0 spiro atoms. The van der Waals surface area contributed by atoms with Crippen molar-refractivity contribution in [2.24, 2.45) is 0 Å². The number of anilines is 2. The van der Waals surface area contributed by atoms with Crippen molar-refractivity contribution in [2.75, 3.05) is 23.9 Å². The number of likely N-dealkylation sites (N-methyl/N-ethyl adjacent to an activating group) is 2. The number of fused-ring (bicyclic) bond motifs is 4. The third-order valence-corrected chi connectivity index (χ3v) is 8.43. The van der Waals surface area contributed by atoms with Gasteiger partial charge in [0.2, 0.25) is 11.8 Å². The smallest absolute Gasteiger partial charge is 0.319 e. The van der Waals surface area contributed by atoms with E-state index in [-0.39, 0.29) is 24.7 Å². The number of hydrogen-bond acceptors (Lipinski definition) is 6.